The Balaban J connectivity index is 1.83. The zero-order valence-corrected chi connectivity index (χ0v) is 15.3. The highest BCUT2D eigenvalue weighted by Crippen LogP contribution is 2.09. The van der Waals surface area contributed by atoms with Crippen LogP contribution in [0.4, 0.5) is 5.69 Å². The number of nitrogens with zero attached hydrogens (tertiary/aromatic N) is 2. The lowest BCUT2D eigenvalue weighted by Crippen LogP contribution is -2.41. The number of anilines is 1. The van der Waals surface area contributed by atoms with E-state index in [0.717, 1.165) is 21.3 Å². The number of aromatic nitrogens is 2. The summed E-state index contributed by atoms with van der Waals surface area (Å²) in [5.41, 5.74) is 2.66. The lowest BCUT2D eigenvalue weighted by molar-refractivity contribution is -0.116. The standard InChI is InChI=1S/C21H21N3O3/c1-15-6-5-9-18(12-15)22-19(25)14-24-20(26)10-11-23(21(24)27)13-17-8-4-3-7-16(17)2/h3-12H,13-14H2,1-2H3,(H,22,25). The summed E-state index contributed by atoms with van der Waals surface area (Å²) in [6.07, 6.45) is 1.46. The quantitative estimate of drug-likeness (QED) is 0.756. The molecule has 27 heavy (non-hydrogen) atoms. The van der Waals surface area contributed by atoms with E-state index in [-0.39, 0.29) is 6.54 Å². The van der Waals surface area contributed by atoms with Gasteiger partial charge in [-0.05, 0) is 42.7 Å². The minimum absolute atomic E-state index is 0.333. The molecule has 1 amide bonds. The van der Waals surface area contributed by atoms with Gasteiger partial charge >= 0.3 is 5.69 Å². The molecule has 1 N–H and O–H groups in total. The average molecular weight is 363 g/mol. The molecule has 0 bridgehead atoms. The maximum atomic E-state index is 12.7. The molecule has 2 aromatic carbocycles. The number of rotatable bonds is 5. The van der Waals surface area contributed by atoms with Crippen LogP contribution in [0.25, 0.3) is 0 Å². The Morgan fingerprint density at radius 1 is 1.00 bits per heavy atom. The van der Waals surface area contributed by atoms with Gasteiger partial charge in [0.25, 0.3) is 5.56 Å². The van der Waals surface area contributed by atoms with Gasteiger partial charge in [-0.1, -0.05) is 36.4 Å². The first-order chi connectivity index (χ1) is 12.9. The molecule has 0 atom stereocenters. The predicted molar refractivity (Wildman–Crippen MR) is 105 cm³/mol. The van der Waals surface area contributed by atoms with Crippen LogP contribution in [0, 0.1) is 13.8 Å². The van der Waals surface area contributed by atoms with E-state index >= 15 is 0 Å². The minimum Gasteiger partial charge on any atom is -0.325 e. The molecule has 3 rings (SSSR count). The topological polar surface area (TPSA) is 73.1 Å². The van der Waals surface area contributed by atoms with Crippen molar-refractivity contribution in [1.82, 2.24) is 9.13 Å². The third kappa shape index (κ3) is 4.41. The van der Waals surface area contributed by atoms with Gasteiger partial charge in [0.15, 0.2) is 0 Å². The zero-order valence-electron chi connectivity index (χ0n) is 15.3. The first kappa shape index (κ1) is 18.4. The molecule has 0 spiro atoms. The van der Waals surface area contributed by atoms with Gasteiger partial charge in [0.05, 0.1) is 6.54 Å². The third-order valence-electron chi connectivity index (χ3n) is 4.35. The van der Waals surface area contributed by atoms with Crippen molar-refractivity contribution in [2.75, 3.05) is 5.32 Å². The van der Waals surface area contributed by atoms with E-state index in [4.69, 9.17) is 0 Å². The van der Waals surface area contributed by atoms with E-state index in [1.54, 1.807) is 6.07 Å². The van der Waals surface area contributed by atoms with Gasteiger partial charge in [0.1, 0.15) is 6.54 Å². The fourth-order valence-electron chi connectivity index (χ4n) is 2.86. The molecule has 0 saturated heterocycles. The second-order valence-corrected chi connectivity index (χ2v) is 6.49. The van der Waals surface area contributed by atoms with Crippen molar-refractivity contribution >= 4 is 11.6 Å². The molecule has 6 nitrogen and oxygen atoms in total. The Morgan fingerprint density at radius 2 is 1.78 bits per heavy atom. The molecule has 0 fully saturated rings. The van der Waals surface area contributed by atoms with Crippen molar-refractivity contribution < 1.29 is 4.79 Å². The van der Waals surface area contributed by atoms with Gasteiger partial charge in [-0.3, -0.25) is 18.7 Å². The number of carbonyl (C=O) groups excluding carboxylic acids is 1. The van der Waals surface area contributed by atoms with E-state index in [9.17, 15) is 14.4 Å². The summed E-state index contributed by atoms with van der Waals surface area (Å²) in [5.74, 6) is -0.423. The van der Waals surface area contributed by atoms with E-state index in [1.165, 1.54) is 16.8 Å². The maximum Gasteiger partial charge on any atom is 0.331 e. The van der Waals surface area contributed by atoms with Crippen LogP contribution in [-0.2, 0) is 17.9 Å². The van der Waals surface area contributed by atoms with E-state index in [1.807, 2.05) is 56.3 Å². The first-order valence-electron chi connectivity index (χ1n) is 8.65. The SMILES string of the molecule is Cc1cccc(NC(=O)Cn2c(=O)ccn(Cc3ccccc3C)c2=O)c1. The molecule has 0 aliphatic heterocycles. The molecule has 0 aliphatic rings. The van der Waals surface area contributed by atoms with Crippen molar-refractivity contribution in [1.29, 1.82) is 0 Å². The maximum absolute atomic E-state index is 12.7. The van der Waals surface area contributed by atoms with Crippen LogP contribution in [0.15, 0.2) is 70.4 Å². The third-order valence-corrected chi connectivity index (χ3v) is 4.35. The van der Waals surface area contributed by atoms with Crippen LogP contribution in [0.2, 0.25) is 0 Å². The second kappa shape index (κ2) is 7.86. The molecule has 0 unspecified atom stereocenters. The van der Waals surface area contributed by atoms with Gasteiger partial charge in [0, 0.05) is 18.0 Å². The molecule has 0 aliphatic carbocycles. The molecule has 1 aromatic heterocycles. The number of hydrogen-bond acceptors (Lipinski definition) is 3. The fraction of sp³-hybridized carbons (Fsp3) is 0.190. The van der Waals surface area contributed by atoms with Crippen molar-refractivity contribution in [2.24, 2.45) is 0 Å². The monoisotopic (exact) mass is 363 g/mol. The summed E-state index contributed by atoms with van der Waals surface area (Å²) in [4.78, 5) is 37.1. The lowest BCUT2D eigenvalue weighted by Gasteiger charge is -2.12. The van der Waals surface area contributed by atoms with Gasteiger partial charge in [-0.15, -0.1) is 0 Å². The molecule has 3 aromatic rings. The van der Waals surface area contributed by atoms with Crippen molar-refractivity contribution in [3.8, 4) is 0 Å². The average Bonchev–Trinajstić information content (AvgIpc) is 2.63. The van der Waals surface area contributed by atoms with Gasteiger partial charge in [-0.25, -0.2) is 4.79 Å². The van der Waals surface area contributed by atoms with E-state index in [0.29, 0.717) is 12.2 Å². The van der Waals surface area contributed by atoms with Crippen LogP contribution in [-0.4, -0.2) is 15.0 Å². The highest BCUT2D eigenvalue weighted by atomic mass is 16.2. The summed E-state index contributed by atoms with van der Waals surface area (Å²) in [6, 6.07) is 16.4. The highest BCUT2D eigenvalue weighted by molar-refractivity contribution is 5.90. The number of amides is 1. The van der Waals surface area contributed by atoms with E-state index < -0.39 is 17.2 Å². The van der Waals surface area contributed by atoms with Crippen LogP contribution >= 0.6 is 0 Å². The number of aryl methyl sites for hydroxylation is 2. The molecule has 0 radical (unpaired) electrons. The Labute approximate surface area is 156 Å². The Hall–Kier alpha value is -3.41. The summed E-state index contributed by atoms with van der Waals surface area (Å²) < 4.78 is 2.38. The van der Waals surface area contributed by atoms with Gasteiger partial charge in [0.2, 0.25) is 5.91 Å². The first-order valence-corrected chi connectivity index (χ1v) is 8.65. The molecule has 1 heterocycles. The summed E-state index contributed by atoms with van der Waals surface area (Å²) in [6.45, 7) is 3.89. The summed E-state index contributed by atoms with van der Waals surface area (Å²) >= 11 is 0. The van der Waals surface area contributed by atoms with Gasteiger partial charge < -0.3 is 5.32 Å². The normalized spacial score (nSPS) is 10.6. The number of hydrogen-bond donors (Lipinski definition) is 1. The molecular weight excluding hydrogens is 342 g/mol. The van der Waals surface area contributed by atoms with Crippen molar-refractivity contribution in [3.63, 3.8) is 0 Å². The van der Waals surface area contributed by atoms with Crippen LogP contribution < -0.4 is 16.6 Å². The zero-order chi connectivity index (χ0) is 19.4. The van der Waals surface area contributed by atoms with E-state index in [2.05, 4.69) is 5.32 Å². The van der Waals surface area contributed by atoms with Crippen LogP contribution in [0.1, 0.15) is 16.7 Å². The number of benzene rings is 2. The van der Waals surface area contributed by atoms with Crippen LogP contribution in [0.3, 0.4) is 0 Å². The fourth-order valence-corrected chi connectivity index (χ4v) is 2.86. The lowest BCUT2D eigenvalue weighted by atomic mass is 10.1. The smallest absolute Gasteiger partial charge is 0.325 e. The second-order valence-electron chi connectivity index (χ2n) is 6.49. The Morgan fingerprint density at radius 3 is 2.52 bits per heavy atom. The van der Waals surface area contributed by atoms with Gasteiger partial charge in [-0.2, -0.15) is 0 Å². The van der Waals surface area contributed by atoms with Crippen molar-refractivity contribution in [3.05, 3.63) is 98.3 Å². The molecule has 6 heteroatoms. The summed E-state index contributed by atoms with van der Waals surface area (Å²) in [5, 5.41) is 2.72. The van der Waals surface area contributed by atoms with Crippen molar-refractivity contribution in [2.45, 2.75) is 26.9 Å². The summed E-state index contributed by atoms with van der Waals surface area (Å²) in [7, 11) is 0. The molecule has 138 valence electrons. The number of nitrogens with one attached hydrogen (secondary N) is 1. The molecular formula is C21H21N3O3. The predicted octanol–water partition coefficient (Wildman–Crippen LogP) is 2.31. The highest BCUT2D eigenvalue weighted by Gasteiger charge is 2.11. The number of carbonyl (C=O) groups is 1. The molecule has 0 saturated carbocycles. The van der Waals surface area contributed by atoms with Crippen LogP contribution in [0.5, 0.6) is 0 Å². The minimum atomic E-state index is -0.509. The largest absolute Gasteiger partial charge is 0.331 e. The Bertz CT molecular complexity index is 1100. The Kier molecular flexibility index (Phi) is 5.35.